The van der Waals surface area contributed by atoms with E-state index in [1.165, 1.54) is 12.1 Å². The summed E-state index contributed by atoms with van der Waals surface area (Å²) >= 11 is 0. The first-order valence-electron chi connectivity index (χ1n) is 5.40. The molecule has 0 aromatic heterocycles. The Labute approximate surface area is 94.5 Å². The number of halogens is 2. The van der Waals surface area contributed by atoms with Crippen LogP contribution < -0.4 is 0 Å². The van der Waals surface area contributed by atoms with Crippen LogP contribution >= 0.6 is 0 Å². The Bertz CT molecular complexity index is 359. The van der Waals surface area contributed by atoms with Crippen molar-refractivity contribution in [1.29, 1.82) is 0 Å². The Morgan fingerprint density at radius 3 is 2.56 bits per heavy atom. The van der Waals surface area contributed by atoms with Gasteiger partial charge in [-0.1, -0.05) is 38.1 Å². The lowest BCUT2D eigenvalue weighted by Gasteiger charge is -2.06. The maximum absolute atomic E-state index is 12.4. The SMILES string of the molecule is CC(C)C(=O)CCc1cccc(C(F)F)c1. The molecule has 1 nitrogen and oxygen atoms in total. The second-order valence-corrected chi connectivity index (χ2v) is 4.17. The first kappa shape index (κ1) is 12.8. The molecule has 0 spiro atoms. The highest BCUT2D eigenvalue weighted by Crippen LogP contribution is 2.20. The Morgan fingerprint density at radius 1 is 1.31 bits per heavy atom. The molecule has 0 radical (unpaired) electrons. The van der Waals surface area contributed by atoms with Gasteiger partial charge in [0, 0.05) is 17.9 Å². The number of benzene rings is 1. The molecule has 0 bridgehead atoms. The van der Waals surface area contributed by atoms with Crippen LogP contribution in [0.25, 0.3) is 0 Å². The molecule has 0 unspecified atom stereocenters. The number of hydrogen-bond acceptors (Lipinski definition) is 1. The van der Waals surface area contributed by atoms with Gasteiger partial charge in [-0.25, -0.2) is 8.78 Å². The van der Waals surface area contributed by atoms with Crippen molar-refractivity contribution in [3.8, 4) is 0 Å². The van der Waals surface area contributed by atoms with Crippen LogP contribution in [0.15, 0.2) is 24.3 Å². The molecule has 0 N–H and O–H groups in total. The molecule has 1 aromatic carbocycles. The average molecular weight is 226 g/mol. The van der Waals surface area contributed by atoms with E-state index in [1.807, 2.05) is 13.8 Å². The number of hydrogen-bond donors (Lipinski definition) is 0. The average Bonchev–Trinajstić information content (AvgIpc) is 2.26. The van der Waals surface area contributed by atoms with Crippen LogP contribution in [0.2, 0.25) is 0 Å². The van der Waals surface area contributed by atoms with Gasteiger partial charge in [0.1, 0.15) is 5.78 Å². The summed E-state index contributed by atoms with van der Waals surface area (Å²) in [4.78, 5) is 11.4. The van der Waals surface area contributed by atoms with E-state index in [0.717, 1.165) is 5.56 Å². The van der Waals surface area contributed by atoms with Crippen molar-refractivity contribution in [2.24, 2.45) is 5.92 Å². The first-order valence-corrected chi connectivity index (χ1v) is 5.40. The smallest absolute Gasteiger partial charge is 0.263 e. The van der Waals surface area contributed by atoms with Crippen molar-refractivity contribution in [3.63, 3.8) is 0 Å². The summed E-state index contributed by atoms with van der Waals surface area (Å²) in [6.07, 6.45) is -1.48. The number of rotatable bonds is 5. The van der Waals surface area contributed by atoms with E-state index in [0.29, 0.717) is 12.8 Å². The predicted molar refractivity (Wildman–Crippen MR) is 59.6 cm³/mol. The first-order chi connectivity index (χ1) is 7.50. The highest BCUT2D eigenvalue weighted by molar-refractivity contribution is 5.80. The Hall–Kier alpha value is -1.25. The van der Waals surface area contributed by atoms with E-state index in [4.69, 9.17) is 0 Å². The molecule has 0 heterocycles. The fourth-order valence-corrected chi connectivity index (χ4v) is 1.44. The van der Waals surface area contributed by atoms with Gasteiger partial charge in [0.05, 0.1) is 0 Å². The van der Waals surface area contributed by atoms with Gasteiger partial charge in [-0.2, -0.15) is 0 Å². The number of Topliss-reactive ketones (excluding diaryl/α,β-unsaturated/α-hetero) is 1. The molecule has 0 atom stereocenters. The summed E-state index contributed by atoms with van der Waals surface area (Å²) in [6.45, 7) is 3.69. The molecule has 0 saturated heterocycles. The highest BCUT2D eigenvalue weighted by Gasteiger charge is 2.09. The predicted octanol–water partition coefficient (Wildman–Crippen LogP) is 3.78. The van der Waals surface area contributed by atoms with E-state index in [-0.39, 0.29) is 17.3 Å². The number of alkyl halides is 2. The topological polar surface area (TPSA) is 17.1 Å². The lowest BCUT2D eigenvalue weighted by molar-refractivity contribution is -0.121. The summed E-state index contributed by atoms with van der Waals surface area (Å²) in [7, 11) is 0. The summed E-state index contributed by atoms with van der Waals surface area (Å²) in [5.74, 6) is 0.181. The van der Waals surface area contributed by atoms with E-state index in [9.17, 15) is 13.6 Å². The number of ketones is 1. The Balaban J connectivity index is 2.61. The van der Waals surface area contributed by atoms with Gasteiger partial charge in [0.2, 0.25) is 0 Å². The molecule has 16 heavy (non-hydrogen) atoms. The highest BCUT2D eigenvalue weighted by atomic mass is 19.3. The minimum Gasteiger partial charge on any atom is -0.299 e. The molecule has 0 aliphatic carbocycles. The van der Waals surface area contributed by atoms with Crippen molar-refractivity contribution in [3.05, 3.63) is 35.4 Å². The third-order valence-corrected chi connectivity index (χ3v) is 2.51. The Kier molecular flexibility index (Phi) is 4.59. The molecule has 1 rings (SSSR count). The number of aryl methyl sites for hydroxylation is 1. The molecular weight excluding hydrogens is 210 g/mol. The molecule has 1 aromatic rings. The van der Waals surface area contributed by atoms with Crippen molar-refractivity contribution in [1.82, 2.24) is 0 Å². The second kappa shape index (κ2) is 5.73. The van der Waals surface area contributed by atoms with Crippen LogP contribution in [0.1, 0.15) is 37.8 Å². The van der Waals surface area contributed by atoms with E-state index in [1.54, 1.807) is 12.1 Å². The monoisotopic (exact) mass is 226 g/mol. The summed E-state index contributed by atoms with van der Waals surface area (Å²) < 4.78 is 24.8. The van der Waals surface area contributed by atoms with Gasteiger partial charge in [-0.15, -0.1) is 0 Å². The zero-order chi connectivity index (χ0) is 12.1. The maximum atomic E-state index is 12.4. The lowest BCUT2D eigenvalue weighted by atomic mass is 10.00. The molecule has 0 fully saturated rings. The quantitative estimate of drug-likeness (QED) is 0.746. The summed E-state index contributed by atoms with van der Waals surface area (Å²) in [5.41, 5.74) is 0.821. The summed E-state index contributed by atoms with van der Waals surface area (Å²) in [5, 5.41) is 0. The van der Waals surface area contributed by atoms with Gasteiger partial charge in [0.25, 0.3) is 6.43 Å². The van der Waals surface area contributed by atoms with Gasteiger partial charge in [-0.3, -0.25) is 4.79 Å². The fraction of sp³-hybridized carbons (Fsp3) is 0.462. The molecular formula is C13H16F2O. The second-order valence-electron chi connectivity index (χ2n) is 4.17. The van der Waals surface area contributed by atoms with Crippen molar-refractivity contribution in [2.45, 2.75) is 33.1 Å². The van der Waals surface area contributed by atoms with Crippen LogP contribution in [-0.2, 0) is 11.2 Å². The van der Waals surface area contributed by atoms with Gasteiger partial charge >= 0.3 is 0 Å². The standard InChI is InChI=1S/C13H16F2O/c1-9(2)12(16)7-6-10-4-3-5-11(8-10)13(14)15/h3-5,8-9,13H,6-7H2,1-2H3. The molecule has 0 amide bonds. The van der Waals surface area contributed by atoms with Crippen molar-refractivity contribution < 1.29 is 13.6 Å². The maximum Gasteiger partial charge on any atom is 0.263 e. The largest absolute Gasteiger partial charge is 0.299 e. The summed E-state index contributed by atoms with van der Waals surface area (Å²) in [6, 6.07) is 6.26. The minimum absolute atomic E-state index is 0.0123. The molecule has 0 saturated carbocycles. The zero-order valence-corrected chi connectivity index (χ0v) is 9.54. The van der Waals surface area contributed by atoms with Gasteiger partial charge < -0.3 is 0 Å². The Morgan fingerprint density at radius 2 is 2.00 bits per heavy atom. The van der Waals surface area contributed by atoms with Crippen molar-refractivity contribution >= 4 is 5.78 Å². The van der Waals surface area contributed by atoms with Crippen LogP contribution in [-0.4, -0.2) is 5.78 Å². The van der Waals surface area contributed by atoms with Gasteiger partial charge in [-0.05, 0) is 12.0 Å². The number of carbonyl (C=O) groups excluding carboxylic acids is 1. The third-order valence-electron chi connectivity index (χ3n) is 2.51. The molecule has 88 valence electrons. The number of carbonyl (C=O) groups is 1. The van der Waals surface area contributed by atoms with E-state index < -0.39 is 6.43 Å². The normalized spacial score (nSPS) is 11.1. The van der Waals surface area contributed by atoms with E-state index >= 15 is 0 Å². The zero-order valence-electron chi connectivity index (χ0n) is 9.54. The van der Waals surface area contributed by atoms with Crippen LogP contribution in [0.4, 0.5) is 8.78 Å². The lowest BCUT2D eigenvalue weighted by Crippen LogP contribution is -2.07. The fourth-order valence-electron chi connectivity index (χ4n) is 1.44. The van der Waals surface area contributed by atoms with Crippen LogP contribution in [0.3, 0.4) is 0 Å². The van der Waals surface area contributed by atoms with E-state index in [2.05, 4.69) is 0 Å². The molecule has 0 aliphatic rings. The third kappa shape index (κ3) is 3.72. The van der Waals surface area contributed by atoms with Crippen LogP contribution in [0, 0.1) is 5.92 Å². The molecule has 0 aliphatic heterocycles. The van der Waals surface area contributed by atoms with Crippen LogP contribution in [0.5, 0.6) is 0 Å². The minimum atomic E-state index is -2.44. The molecule has 3 heteroatoms. The van der Waals surface area contributed by atoms with Crippen molar-refractivity contribution in [2.75, 3.05) is 0 Å². The van der Waals surface area contributed by atoms with Gasteiger partial charge in [0.15, 0.2) is 0 Å².